The standard InChI is InChI=1S/C18H16N4O9S2/c1-2-31-18(24)16-15(20-19-11-3-7-13(8-4-11)32(25,26)27)17(23)22(21-16)12-5-9-14(10-6-12)33(28,29)30/h3-10,21H,2H2,1H3,(H,25,26,27)(H,28,29,30). The predicted molar refractivity (Wildman–Crippen MR) is 113 cm³/mol. The van der Waals surface area contributed by atoms with Gasteiger partial charge >= 0.3 is 5.97 Å². The van der Waals surface area contributed by atoms with Crippen molar-refractivity contribution in [3.8, 4) is 5.69 Å². The number of ether oxygens (including phenoxy) is 1. The van der Waals surface area contributed by atoms with Gasteiger partial charge in [0.2, 0.25) is 0 Å². The molecular formula is C18H16N4O9S2. The van der Waals surface area contributed by atoms with Crippen LogP contribution >= 0.6 is 0 Å². The van der Waals surface area contributed by atoms with Crippen LogP contribution in [-0.2, 0) is 25.0 Å². The van der Waals surface area contributed by atoms with Crippen LogP contribution in [0.4, 0.5) is 11.4 Å². The quantitative estimate of drug-likeness (QED) is 0.249. The van der Waals surface area contributed by atoms with Crippen molar-refractivity contribution in [2.45, 2.75) is 16.7 Å². The molecule has 3 aromatic rings. The summed E-state index contributed by atoms with van der Waals surface area (Å²) in [6, 6.07) is 9.12. The Morgan fingerprint density at radius 1 is 0.939 bits per heavy atom. The number of carbonyl (C=O) groups is 1. The van der Waals surface area contributed by atoms with Crippen molar-refractivity contribution in [2.24, 2.45) is 10.2 Å². The highest BCUT2D eigenvalue weighted by atomic mass is 32.2. The second-order valence-corrected chi connectivity index (χ2v) is 9.18. The normalized spacial score (nSPS) is 12.2. The van der Waals surface area contributed by atoms with Crippen molar-refractivity contribution in [3.63, 3.8) is 0 Å². The molecule has 0 radical (unpaired) electrons. The average Bonchev–Trinajstić information content (AvgIpc) is 3.08. The highest BCUT2D eigenvalue weighted by molar-refractivity contribution is 7.86. The van der Waals surface area contributed by atoms with Crippen LogP contribution in [0.15, 0.2) is 73.3 Å². The first-order valence-corrected chi connectivity index (χ1v) is 11.9. The number of carbonyl (C=O) groups excluding carboxylic acids is 1. The highest BCUT2D eigenvalue weighted by Gasteiger charge is 2.23. The van der Waals surface area contributed by atoms with Crippen molar-refractivity contribution in [3.05, 3.63) is 64.6 Å². The molecule has 0 aliphatic carbocycles. The first-order chi connectivity index (χ1) is 15.4. The first kappa shape index (κ1) is 24.0. The van der Waals surface area contributed by atoms with E-state index in [4.69, 9.17) is 13.8 Å². The molecule has 0 bridgehead atoms. The minimum absolute atomic E-state index is 0.00276. The fourth-order valence-corrected chi connectivity index (χ4v) is 3.57. The maximum Gasteiger partial charge on any atom is 0.358 e. The summed E-state index contributed by atoms with van der Waals surface area (Å²) in [6.45, 7) is 1.56. The van der Waals surface area contributed by atoms with E-state index < -0.39 is 42.3 Å². The molecule has 0 saturated carbocycles. The smallest absolute Gasteiger partial charge is 0.358 e. The first-order valence-electron chi connectivity index (χ1n) is 9.01. The van der Waals surface area contributed by atoms with Crippen molar-refractivity contribution >= 4 is 37.6 Å². The van der Waals surface area contributed by atoms with Gasteiger partial charge in [0.1, 0.15) is 0 Å². The molecule has 0 fully saturated rings. The second kappa shape index (κ2) is 9.07. The molecule has 0 spiro atoms. The lowest BCUT2D eigenvalue weighted by Crippen LogP contribution is -2.14. The summed E-state index contributed by atoms with van der Waals surface area (Å²) in [6.07, 6.45) is 0. The molecule has 0 saturated heterocycles. The number of nitrogens with zero attached hydrogens (tertiary/aromatic N) is 3. The fraction of sp³-hybridized carbons (Fsp3) is 0.111. The maximum atomic E-state index is 12.9. The molecule has 1 heterocycles. The van der Waals surface area contributed by atoms with Gasteiger partial charge in [0.05, 0.1) is 27.8 Å². The van der Waals surface area contributed by atoms with Gasteiger partial charge in [-0.3, -0.25) is 19.0 Å². The van der Waals surface area contributed by atoms with Crippen LogP contribution in [0.2, 0.25) is 0 Å². The number of hydrogen-bond donors (Lipinski definition) is 3. The zero-order valence-corrected chi connectivity index (χ0v) is 18.4. The van der Waals surface area contributed by atoms with Gasteiger partial charge in [-0.2, -0.15) is 21.9 Å². The van der Waals surface area contributed by atoms with Crippen molar-refractivity contribution in [2.75, 3.05) is 6.61 Å². The molecule has 0 aliphatic heterocycles. The number of esters is 1. The average molecular weight is 496 g/mol. The van der Waals surface area contributed by atoms with E-state index in [1.165, 1.54) is 24.3 Å². The topological polar surface area (TPSA) is 198 Å². The number of aromatic amines is 1. The Morgan fingerprint density at radius 2 is 1.45 bits per heavy atom. The fourth-order valence-electron chi connectivity index (χ4n) is 2.61. The summed E-state index contributed by atoms with van der Waals surface area (Å²) in [5.41, 5.74) is -1.35. The lowest BCUT2D eigenvalue weighted by molar-refractivity contribution is 0.0520. The number of rotatable bonds is 7. The molecule has 33 heavy (non-hydrogen) atoms. The van der Waals surface area contributed by atoms with E-state index >= 15 is 0 Å². The Hall–Kier alpha value is -3.66. The zero-order chi connectivity index (χ0) is 24.4. The van der Waals surface area contributed by atoms with Gasteiger partial charge in [-0.1, -0.05) is 0 Å². The predicted octanol–water partition coefficient (Wildman–Crippen LogP) is 2.25. The Kier molecular flexibility index (Phi) is 6.59. The minimum atomic E-state index is -4.45. The van der Waals surface area contributed by atoms with Crippen LogP contribution in [-0.4, -0.2) is 48.3 Å². The summed E-state index contributed by atoms with van der Waals surface area (Å²) in [7, 11) is -8.85. The number of hydrogen-bond acceptors (Lipinski definition) is 9. The third kappa shape index (κ3) is 5.40. The largest absolute Gasteiger partial charge is 0.461 e. The molecular weight excluding hydrogens is 480 g/mol. The molecule has 174 valence electrons. The van der Waals surface area contributed by atoms with E-state index in [0.717, 1.165) is 28.9 Å². The Morgan fingerprint density at radius 3 is 1.94 bits per heavy atom. The van der Waals surface area contributed by atoms with Gasteiger partial charge in [0, 0.05) is 0 Å². The molecule has 0 atom stereocenters. The summed E-state index contributed by atoms with van der Waals surface area (Å²) in [5.74, 6) is -0.904. The van der Waals surface area contributed by atoms with Crippen LogP contribution in [0.25, 0.3) is 5.69 Å². The van der Waals surface area contributed by atoms with Crippen LogP contribution in [0.1, 0.15) is 17.4 Å². The van der Waals surface area contributed by atoms with Gasteiger partial charge in [-0.05, 0) is 55.5 Å². The lowest BCUT2D eigenvalue weighted by atomic mass is 10.3. The number of benzene rings is 2. The molecule has 0 aliphatic rings. The van der Waals surface area contributed by atoms with Crippen molar-refractivity contribution in [1.82, 2.24) is 9.78 Å². The molecule has 15 heteroatoms. The maximum absolute atomic E-state index is 12.9. The molecule has 1 aromatic heterocycles. The summed E-state index contributed by atoms with van der Waals surface area (Å²) >= 11 is 0. The molecule has 3 N–H and O–H groups in total. The molecule has 0 unspecified atom stereocenters. The van der Waals surface area contributed by atoms with E-state index in [9.17, 15) is 26.4 Å². The Balaban J connectivity index is 2.05. The van der Waals surface area contributed by atoms with E-state index in [-0.39, 0.29) is 28.6 Å². The monoisotopic (exact) mass is 496 g/mol. The van der Waals surface area contributed by atoms with Crippen molar-refractivity contribution < 1.29 is 35.5 Å². The molecule has 3 rings (SSSR count). The van der Waals surface area contributed by atoms with E-state index in [1.54, 1.807) is 6.92 Å². The van der Waals surface area contributed by atoms with Gasteiger partial charge in [0.15, 0.2) is 11.4 Å². The van der Waals surface area contributed by atoms with Gasteiger partial charge in [0.25, 0.3) is 25.8 Å². The van der Waals surface area contributed by atoms with E-state index in [1.807, 2.05) is 0 Å². The number of nitrogens with one attached hydrogen (secondary N) is 1. The van der Waals surface area contributed by atoms with Gasteiger partial charge < -0.3 is 4.74 Å². The second-order valence-electron chi connectivity index (χ2n) is 6.33. The molecule has 13 nitrogen and oxygen atoms in total. The third-order valence-corrected chi connectivity index (χ3v) is 5.87. The lowest BCUT2D eigenvalue weighted by Gasteiger charge is -2.03. The van der Waals surface area contributed by atoms with E-state index in [2.05, 4.69) is 15.3 Å². The summed E-state index contributed by atoms with van der Waals surface area (Å²) < 4.78 is 68.6. The summed E-state index contributed by atoms with van der Waals surface area (Å²) in [5, 5.41) is 10.1. The van der Waals surface area contributed by atoms with Crippen LogP contribution in [0.5, 0.6) is 0 Å². The zero-order valence-electron chi connectivity index (χ0n) is 16.7. The van der Waals surface area contributed by atoms with Crippen LogP contribution in [0, 0.1) is 0 Å². The van der Waals surface area contributed by atoms with E-state index in [0.29, 0.717) is 0 Å². The minimum Gasteiger partial charge on any atom is -0.461 e. The number of azo groups is 1. The van der Waals surface area contributed by atoms with Crippen molar-refractivity contribution in [1.29, 1.82) is 0 Å². The Bertz CT molecular complexity index is 1490. The third-order valence-electron chi connectivity index (χ3n) is 4.14. The van der Waals surface area contributed by atoms with Gasteiger partial charge in [-0.25, -0.2) is 9.48 Å². The van der Waals surface area contributed by atoms with Crippen LogP contribution in [0.3, 0.4) is 0 Å². The SMILES string of the molecule is CCOC(=O)c1[nH]n(-c2ccc(S(=O)(=O)O)cc2)c(=O)c1N=Nc1ccc(S(=O)(=O)O)cc1. The van der Waals surface area contributed by atoms with Crippen LogP contribution < -0.4 is 5.56 Å². The number of aromatic nitrogens is 2. The summed E-state index contributed by atoms with van der Waals surface area (Å²) in [4.78, 5) is 24.4. The number of H-pyrrole nitrogens is 1. The molecule has 2 aromatic carbocycles. The Labute approximate surface area is 186 Å². The van der Waals surface area contributed by atoms with Gasteiger partial charge in [-0.15, -0.1) is 5.11 Å². The molecule has 0 amide bonds. The highest BCUT2D eigenvalue weighted by Crippen LogP contribution is 2.22.